The summed E-state index contributed by atoms with van der Waals surface area (Å²) in [5.41, 5.74) is 2.71. The van der Waals surface area contributed by atoms with E-state index in [2.05, 4.69) is 20.4 Å². The number of halogens is 1. The van der Waals surface area contributed by atoms with Crippen LogP contribution in [0.25, 0.3) is 23.1 Å². The van der Waals surface area contributed by atoms with Gasteiger partial charge in [0.1, 0.15) is 18.2 Å². The predicted octanol–water partition coefficient (Wildman–Crippen LogP) is 2.94. The van der Waals surface area contributed by atoms with Gasteiger partial charge in [-0.15, -0.1) is 0 Å². The van der Waals surface area contributed by atoms with Gasteiger partial charge in [0, 0.05) is 26.7 Å². The molecule has 2 N–H and O–H groups in total. The van der Waals surface area contributed by atoms with Crippen LogP contribution in [-0.4, -0.2) is 67.5 Å². The van der Waals surface area contributed by atoms with Crippen LogP contribution in [0.3, 0.4) is 0 Å². The highest BCUT2D eigenvalue weighted by molar-refractivity contribution is 6.05. The molecule has 162 valence electrons. The number of aromatic amines is 1. The minimum Gasteiger partial charge on any atom is -0.491 e. The maximum Gasteiger partial charge on any atom is 0.254 e. The summed E-state index contributed by atoms with van der Waals surface area (Å²) < 4.78 is 24.7. The number of nitrogens with zero attached hydrogens (tertiary/aromatic N) is 2. The Morgan fingerprint density at radius 1 is 1.23 bits per heavy atom. The Labute approximate surface area is 179 Å². The second-order valence-electron chi connectivity index (χ2n) is 7.24. The summed E-state index contributed by atoms with van der Waals surface area (Å²) in [7, 11) is 1.59. The maximum absolute atomic E-state index is 13.2. The number of benzene rings is 2. The Balaban J connectivity index is 1.64. The van der Waals surface area contributed by atoms with Gasteiger partial charge in [-0.2, -0.15) is 5.10 Å². The number of aromatic nitrogens is 2. The fraction of sp³-hybridized carbons (Fsp3) is 0.304. The lowest BCUT2D eigenvalue weighted by Crippen LogP contribution is -2.38. The van der Waals surface area contributed by atoms with Gasteiger partial charge in [0.25, 0.3) is 5.91 Å². The van der Waals surface area contributed by atoms with Gasteiger partial charge >= 0.3 is 0 Å². The molecule has 1 aromatic heterocycles. The highest BCUT2D eigenvalue weighted by Gasteiger charge is 2.19. The number of nitrogens with one attached hydrogen (secondary N) is 2. The SMILES string of the molecule is CNC(=O)c1ccc2[nH]nc(/C=C/c3ccc(F)cc3)c2c1OCCN1CCOCC1. The van der Waals surface area contributed by atoms with Crippen molar-refractivity contribution in [2.45, 2.75) is 0 Å². The molecule has 1 fully saturated rings. The molecule has 0 bridgehead atoms. The van der Waals surface area contributed by atoms with Crippen LogP contribution in [0.4, 0.5) is 4.39 Å². The Morgan fingerprint density at radius 2 is 2.00 bits per heavy atom. The highest BCUT2D eigenvalue weighted by Crippen LogP contribution is 2.32. The van der Waals surface area contributed by atoms with E-state index in [0.29, 0.717) is 23.6 Å². The number of H-pyrrole nitrogens is 1. The third-order valence-corrected chi connectivity index (χ3v) is 5.24. The molecule has 3 aromatic rings. The van der Waals surface area contributed by atoms with Crippen molar-refractivity contribution < 1.29 is 18.7 Å². The van der Waals surface area contributed by atoms with E-state index in [4.69, 9.17) is 9.47 Å². The first-order valence-electron chi connectivity index (χ1n) is 10.3. The Hall–Kier alpha value is -3.23. The topological polar surface area (TPSA) is 79.5 Å². The van der Waals surface area contributed by atoms with E-state index in [1.165, 1.54) is 12.1 Å². The summed E-state index contributed by atoms with van der Waals surface area (Å²) in [4.78, 5) is 14.8. The lowest BCUT2D eigenvalue weighted by molar-refractivity contribution is 0.0323. The third kappa shape index (κ3) is 4.92. The Bertz CT molecular complexity index is 1070. The van der Waals surface area contributed by atoms with Crippen LogP contribution in [0, 0.1) is 5.82 Å². The van der Waals surface area contributed by atoms with Crippen molar-refractivity contribution in [2.24, 2.45) is 0 Å². The summed E-state index contributed by atoms with van der Waals surface area (Å²) in [6, 6.07) is 9.75. The van der Waals surface area contributed by atoms with Crippen LogP contribution in [0.5, 0.6) is 5.75 Å². The molecule has 4 rings (SSSR count). The molecule has 0 radical (unpaired) electrons. The van der Waals surface area contributed by atoms with Crippen LogP contribution in [0.2, 0.25) is 0 Å². The standard InChI is InChI=1S/C23H25FN4O3/c1-25-23(29)18-7-9-20-21(22(18)31-15-12-28-10-13-30-14-11-28)19(26-27-20)8-4-16-2-5-17(24)6-3-16/h2-9H,10-15H2,1H3,(H,25,29)(H,26,27)/b8-4+. The van der Waals surface area contributed by atoms with E-state index < -0.39 is 0 Å². The monoisotopic (exact) mass is 424 g/mol. The molecule has 0 saturated carbocycles. The van der Waals surface area contributed by atoms with Gasteiger partial charge in [-0.1, -0.05) is 18.2 Å². The summed E-state index contributed by atoms with van der Waals surface area (Å²) in [5.74, 6) is -0.0101. The molecule has 0 spiro atoms. The smallest absolute Gasteiger partial charge is 0.254 e. The number of hydrogen-bond acceptors (Lipinski definition) is 5. The largest absolute Gasteiger partial charge is 0.491 e. The average Bonchev–Trinajstić information content (AvgIpc) is 3.22. The number of rotatable bonds is 7. The van der Waals surface area contributed by atoms with Gasteiger partial charge in [-0.25, -0.2) is 4.39 Å². The number of hydrogen-bond donors (Lipinski definition) is 2. The zero-order chi connectivity index (χ0) is 21.6. The molecule has 1 aliphatic rings. The first kappa shape index (κ1) is 21.0. The van der Waals surface area contributed by atoms with E-state index in [1.807, 2.05) is 18.2 Å². The number of amides is 1. The Kier molecular flexibility index (Phi) is 6.59. The molecule has 0 atom stereocenters. The number of carbonyl (C=O) groups is 1. The zero-order valence-electron chi connectivity index (χ0n) is 17.4. The van der Waals surface area contributed by atoms with Crippen molar-refractivity contribution in [2.75, 3.05) is 46.5 Å². The number of ether oxygens (including phenoxy) is 2. The second kappa shape index (κ2) is 9.72. The molecule has 0 unspecified atom stereocenters. The molecular formula is C23H25FN4O3. The summed E-state index contributed by atoms with van der Waals surface area (Å²) in [6.45, 7) is 4.36. The lowest BCUT2D eigenvalue weighted by atomic mass is 10.1. The average molecular weight is 424 g/mol. The van der Waals surface area contributed by atoms with Gasteiger partial charge in [-0.05, 0) is 35.9 Å². The molecular weight excluding hydrogens is 399 g/mol. The van der Waals surface area contributed by atoms with E-state index in [1.54, 1.807) is 25.2 Å². The van der Waals surface area contributed by atoms with Crippen LogP contribution < -0.4 is 10.1 Å². The summed E-state index contributed by atoms with van der Waals surface area (Å²) in [5, 5.41) is 10.8. The maximum atomic E-state index is 13.2. The number of carbonyl (C=O) groups excluding carboxylic acids is 1. The van der Waals surface area contributed by atoms with E-state index in [0.717, 1.165) is 49.3 Å². The third-order valence-electron chi connectivity index (χ3n) is 5.24. The zero-order valence-corrected chi connectivity index (χ0v) is 17.4. The molecule has 2 heterocycles. The van der Waals surface area contributed by atoms with Crippen LogP contribution in [0.15, 0.2) is 36.4 Å². The molecule has 31 heavy (non-hydrogen) atoms. The van der Waals surface area contributed by atoms with E-state index >= 15 is 0 Å². The van der Waals surface area contributed by atoms with Crippen molar-refractivity contribution in [1.29, 1.82) is 0 Å². The molecule has 0 aliphatic carbocycles. The lowest BCUT2D eigenvalue weighted by Gasteiger charge is -2.26. The van der Waals surface area contributed by atoms with Crippen molar-refractivity contribution in [3.8, 4) is 5.75 Å². The van der Waals surface area contributed by atoms with Crippen molar-refractivity contribution in [3.63, 3.8) is 0 Å². The first-order valence-corrected chi connectivity index (χ1v) is 10.3. The molecule has 8 heteroatoms. The normalized spacial score (nSPS) is 14.9. The van der Waals surface area contributed by atoms with Gasteiger partial charge in [-0.3, -0.25) is 14.8 Å². The Morgan fingerprint density at radius 3 is 2.74 bits per heavy atom. The van der Waals surface area contributed by atoms with E-state index in [9.17, 15) is 9.18 Å². The van der Waals surface area contributed by atoms with Crippen LogP contribution in [-0.2, 0) is 4.74 Å². The molecule has 2 aromatic carbocycles. The van der Waals surface area contributed by atoms with E-state index in [-0.39, 0.29) is 11.7 Å². The molecule has 1 aliphatic heterocycles. The van der Waals surface area contributed by atoms with Crippen molar-refractivity contribution in [3.05, 3.63) is 59.0 Å². The van der Waals surface area contributed by atoms with Gasteiger partial charge in [0.2, 0.25) is 0 Å². The number of fused-ring (bicyclic) bond motifs is 1. The highest BCUT2D eigenvalue weighted by atomic mass is 19.1. The van der Waals surface area contributed by atoms with Crippen LogP contribution in [0.1, 0.15) is 21.6 Å². The summed E-state index contributed by atoms with van der Waals surface area (Å²) in [6.07, 6.45) is 3.67. The molecule has 1 saturated heterocycles. The van der Waals surface area contributed by atoms with Crippen molar-refractivity contribution >= 4 is 29.0 Å². The van der Waals surface area contributed by atoms with Gasteiger partial charge in [0.15, 0.2) is 0 Å². The number of morpholine rings is 1. The van der Waals surface area contributed by atoms with Crippen LogP contribution >= 0.6 is 0 Å². The second-order valence-corrected chi connectivity index (χ2v) is 7.24. The minimum atomic E-state index is -0.284. The first-order chi connectivity index (χ1) is 15.2. The fourth-order valence-corrected chi connectivity index (χ4v) is 3.54. The van der Waals surface area contributed by atoms with Gasteiger partial charge < -0.3 is 14.8 Å². The van der Waals surface area contributed by atoms with Gasteiger partial charge in [0.05, 0.1) is 35.4 Å². The quantitative estimate of drug-likeness (QED) is 0.610. The predicted molar refractivity (Wildman–Crippen MR) is 118 cm³/mol. The van der Waals surface area contributed by atoms with Crippen molar-refractivity contribution in [1.82, 2.24) is 20.4 Å². The minimum absolute atomic E-state index is 0.224. The molecule has 7 nitrogen and oxygen atoms in total. The summed E-state index contributed by atoms with van der Waals surface area (Å²) >= 11 is 0. The fourth-order valence-electron chi connectivity index (χ4n) is 3.54. The molecule has 1 amide bonds.